The Bertz CT molecular complexity index is 358. The van der Waals surface area contributed by atoms with E-state index in [-0.39, 0.29) is 50.1 Å². The minimum atomic E-state index is -6.05. The Hall–Kier alpha value is 0.274. The van der Waals surface area contributed by atoms with Gasteiger partial charge in [0.2, 0.25) is 0 Å². The molecule has 8 heteroatoms. The summed E-state index contributed by atoms with van der Waals surface area (Å²) in [7, 11) is 0. The van der Waals surface area contributed by atoms with Crippen LogP contribution >= 0.6 is 0 Å². The molecular formula is C16H36O7Ti. The van der Waals surface area contributed by atoms with Gasteiger partial charge in [-0.25, -0.2) is 0 Å². The molecule has 24 heavy (non-hydrogen) atoms. The summed E-state index contributed by atoms with van der Waals surface area (Å²) in [6.07, 6.45) is 0. The van der Waals surface area contributed by atoms with Crippen molar-refractivity contribution in [1.29, 1.82) is 0 Å². The molecule has 0 aromatic carbocycles. The molecule has 0 spiro atoms. The molecule has 0 aromatic heterocycles. The van der Waals surface area contributed by atoms with E-state index in [1.165, 1.54) is 0 Å². The van der Waals surface area contributed by atoms with Crippen molar-refractivity contribution in [3.63, 3.8) is 0 Å². The van der Waals surface area contributed by atoms with Crippen LogP contribution in [0.4, 0.5) is 0 Å². The topological polar surface area (TPSA) is 72.5 Å². The molecule has 0 unspecified atom stereocenters. The molecule has 0 bridgehead atoms. The molecule has 146 valence electrons. The third-order valence-electron chi connectivity index (χ3n) is 2.50. The van der Waals surface area contributed by atoms with Crippen LogP contribution in [0.1, 0.15) is 55.4 Å². The van der Waals surface area contributed by atoms with Gasteiger partial charge in [0.25, 0.3) is 0 Å². The van der Waals surface area contributed by atoms with Gasteiger partial charge in [0.1, 0.15) is 0 Å². The van der Waals surface area contributed by atoms with Crippen LogP contribution in [0.2, 0.25) is 0 Å². The third-order valence-corrected chi connectivity index (χ3v) is 5.71. The molecule has 0 saturated carbocycles. The summed E-state index contributed by atoms with van der Waals surface area (Å²) >= 11 is -6.05. The van der Waals surface area contributed by atoms with E-state index in [1.54, 1.807) is 0 Å². The Balaban J connectivity index is 5.23. The van der Waals surface area contributed by atoms with Crippen LogP contribution in [-0.4, -0.2) is 26.4 Å². The van der Waals surface area contributed by atoms with Gasteiger partial charge >= 0.3 is 149 Å². The fourth-order valence-electron chi connectivity index (χ4n) is 1.29. The Morgan fingerprint density at radius 1 is 0.583 bits per heavy atom. The van der Waals surface area contributed by atoms with Gasteiger partial charge < -0.3 is 0 Å². The monoisotopic (exact) mass is 388 g/mol. The Morgan fingerprint density at radius 3 is 1.12 bits per heavy atom. The molecular weight excluding hydrogens is 352 g/mol. The second-order valence-electron chi connectivity index (χ2n) is 7.77. The summed E-state index contributed by atoms with van der Waals surface area (Å²) in [6.45, 7) is 16.2. The second kappa shape index (κ2) is 11.1. The molecule has 7 nitrogen and oxygen atoms in total. The molecule has 0 saturated heterocycles. The van der Waals surface area contributed by atoms with E-state index < -0.39 is 16.8 Å². The van der Waals surface area contributed by atoms with E-state index in [9.17, 15) is 3.32 Å². The minimum absolute atomic E-state index is 0.104. The molecule has 0 radical (unpaired) electrons. The van der Waals surface area contributed by atoms with Crippen molar-refractivity contribution >= 4 is 0 Å². The molecule has 0 N–H and O–H groups in total. The molecule has 0 rings (SSSR count). The second-order valence-corrected chi connectivity index (χ2v) is 11.8. The zero-order valence-corrected chi connectivity index (χ0v) is 18.1. The average Bonchev–Trinajstić information content (AvgIpc) is 2.43. The van der Waals surface area contributed by atoms with E-state index in [0.29, 0.717) is 0 Å². The zero-order chi connectivity index (χ0) is 18.8. The van der Waals surface area contributed by atoms with E-state index in [4.69, 9.17) is 23.4 Å². The first-order chi connectivity index (χ1) is 11.0. The fourth-order valence-corrected chi connectivity index (χ4v) is 4.47. The summed E-state index contributed by atoms with van der Waals surface area (Å²) in [5.41, 5.74) is 0. The van der Waals surface area contributed by atoms with Crippen molar-refractivity contribution in [2.24, 2.45) is 23.7 Å². The normalized spacial score (nSPS) is 13.7. The maximum atomic E-state index is 13.5. The zero-order valence-electron chi connectivity index (χ0n) is 16.5. The maximum absolute atomic E-state index is 13.5. The summed E-state index contributed by atoms with van der Waals surface area (Å²) in [5.74, 6) is 0.571. The van der Waals surface area contributed by atoms with Crippen molar-refractivity contribution in [2.75, 3.05) is 26.4 Å². The van der Waals surface area contributed by atoms with Crippen molar-refractivity contribution in [2.45, 2.75) is 55.4 Å². The van der Waals surface area contributed by atoms with Crippen LogP contribution in [0.5, 0.6) is 0 Å². The summed E-state index contributed by atoms with van der Waals surface area (Å²) in [5, 5.41) is 0. The average molecular weight is 388 g/mol. The molecule has 0 amide bonds. The van der Waals surface area contributed by atoms with Crippen molar-refractivity contribution in [1.82, 2.24) is 0 Å². The number of hydrogen-bond donors (Lipinski definition) is 0. The first-order valence-electron chi connectivity index (χ1n) is 8.76. The summed E-state index contributed by atoms with van der Waals surface area (Å²) < 4.78 is 34.8. The number of rotatable bonds is 14. The van der Waals surface area contributed by atoms with Crippen LogP contribution in [0.25, 0.3) is 0 Å². The van der Waals surface area contributed by atoms with Crippen molar-refractivity contribution < 1.29 is 43.5 Å². The Morgan fingerprint density at radius 2 is 0.875 bits per heavy atom. The molecule has 0 aliphatic heterocycles. The van der Waals surface area contributed by atoms with Gasteiger partial charge in [-0.2, -0.15) is 0 Å². The van der Waals surface area contributed by atoms with Crippen LogP contribution in [0.15, 0.2) is 0 Å². The van der Waals surface area contributed by atoms with E-state index >= 15 is 0 Å². The van der Waals surface area contributed by atoms with Crippen LogP contribution in [-0.2, 0) is 43.5 Å². The van der Waals surface area contributed by atoms with Crippen LogP contribution in [0.3, 0.4) is 0 Å². The summed E-state index contributed by atoms with van der Waals surface area (Å²) in [4.78, 5) is 10.2. The molecule has 0 aliphatic carbocycles. The quantitative estimate of drug-likeness (QED) is 0.250. The van der Waals surface area contributed by atoms with Crippen molar-refractivity contribution in [3.05, 3.63) is 0 Å². The SMILES string of the molecule is CC(C)CO[O][Ti](=[O])([O]CC(C)C)([O]CC(C)C)[O]OCC(C)C. The Labute approximate surface area is 149 Å². The van der Waals surface area contributed by atoms with Crippen LogP contribution < -0.4 is 0 Å². The van der Waals surface area contributed by atoms with Gasteiger partial charge in [-0.15, -0.1) is 0 Å². The van der Waals surface area contributed by atoms with Gasteiger partial charge in [-0.1, -0.05) is 0 Å². The molecule has 0 aliphatic rings. The van der Waals surface area contributed by atoms with Crippen LogP contribution in [0, 0.1) is 23.7 Å². The first-order valence-corrected chi connectivity index (χ1v) is 11.9. The molecule has 0 atom stereocenters. The first kappa shape index (κ1) is 24.3. The van der Waals surface area contributed by atoms with E-state index in [0.717, 1.165) is 0 Å². The van der Waals surface area contributed by atoms with Gasteiger partial charge in [0.15, 0.2) is 0 Å². The van der Waals surface area contributed by atoms with Crippen molar-refractivity contribution in [3.8, 4) is 0 Å². The predicted molar refractivity (Wildman–Crippen MR) is 86.0 cm³/mol. The Kier molecular flexibility index (Phi) is 11.2. The standard InChI is InChI=1S/2C4H10O2.2C4H9O.O.Ti/c2*1-4(2)3-6-5;2*1-4(2)3-5;;/h2*4-5H,3H2,1-2H3;2*4H,3H2,1-2H3;;/q;;2*-1;;+4/p-2. The molecule has 0 heterocycles. The fraction of sp³-hybridized carbons (Fsp3) is 1.00. The molecule has 0 fully saturated rings. The summed E-state index contributed by atoms with van der Waals surface area (Å²) in [6, 6.07) is 0. The predicted octanol–water partition coefficient (Wildman–Crippen LogP) is 4.24. The van der Waals surface area contributed by atoms with Gasteiger partial charge in [-0.3, -0.25) is 0 Å². The van der Waals surface area contributed by atoms with Gasteiger partial charge in [-0.05, 0) is 0 Å². The van der Waals surface area contributed by atoms with Gasteiger partial charge in [0.05, 0.1) is 0 Å². The third kappa shape index (κ3) is 11.0. The molecule has 0 aromatic rings. The number of hydrogen-bond acceptors (Lipinski definition) is 7. The van der Waals surface area contributed by atoms with Gasteiger partial charge in [0, 0.05) is 0 Å². The van der Waals surface area contributed by atoms with E-state index in [1.807, 2.05) is 55.4 Å². The van der Waals surface area contributed by atoms with E-state index in [2.05, 4.69) is 0 Å².